The van der Waals surface area contributed by atoms with Crippen LogP contribution in [0.15, 0.2) is 42.5 Å². The lowest BCUT2D eigenvalue weighted by Gasteiger charge is -2.07. The maximum absolute atomic E-state index is 5.55. The summed E-state index contributed by atoms with van der Waals surface area (Å²) >= 11 is 0. The van der Waals surface area contributed by atoms with Crippen LogP contribution in [-0.4, -0.2) is 6.79 Å². The number of terminal acetylenes is 1. The summed E-state index contributed by atoms with van der Waals surface area (Å²) in [7, 11) is 0. The van der Waals surface area contributed by atoms with Crippen molar-refractivity contribution in [3.63, 3.8) is 0 Å². The number of ether oxygens (including phenoxy) is 2. The molecule has 2 heteroatoms. The third kappa shape index (κ3) is 1.91. The van der Waals surface area contributed by atoms with Crippen LogP contribution < -0.4 is 9.47 Å². The second-order valence-electron chi connectivity index (χ2n) is 4.17. The van der Waals surface area contributed by atoms with Crippen molar-refractivity contribution in [3.8, 4) is 23.8 Å². The molecule has 0 amide bonds. The minimum absolute atomic E-state index is 0.272. The predicted octanol–water partition coefficient (Wildman–Crippen LogP) is 2.99. The van der Waals surface area contributed by atoms with Gasteiger partial charge in [0.25, 0.3) is 0 Å². The van der Waals surface area contributed by atoms with E-state index >= 15 is 0 Å². The van der Waals surface area contributed by atoms with Crippen LogP contribution in [0.5, 0.6) is 11.5 Å². The molecule has 88 valence electrons. The highest BCUT2D eigenvalue weighted by atomic mass is 16.7. The summed E-state index contributed by atoms with van der Waals surface area (Å²) in [5.74, 6) is 4.22. The summed E-state index contributed by atoms with van der Waals surface area (Å²) < 4.78 is 10.7. The van der Waals surface area contributed by atoms with Crippen LogP contribution >= 0.6 is 0 Å². The minimum Gasteiger partial charge on any atom is -0.454 e. The van der Waals surface area contributed by atoms with Crippen LogP contribution in [0.3, 0.4) is 0 Å². The van der Waals surface area contributed by atoms with Crippen molar-refractivity contribution in [3.05, 3.63) is 59.2 Å². The van der Waals surface area contributed by atoms with Gasteiger partial charge in [-0.3, -0.25) is 0 Å². The summed E-state index contributed by atoms with van der Waals surface area (Å²) in [6, 6.07) is 14.1. The fraction of sp³-hybridized carbons (Fsp3) is 0.125. The number of fused-ring (bicyclic) bond motifs is 1. The Balaban J connectivity index is 1.99. The van der Waals surface area contributed by atoms with Crippen LogP contribution in [0.4, 0.5) is 0 Å². The smallest absolute Gasteiger partial charge is 0.231 e. The van der Waals surface area contributed by atoms with Gasteiger partial charge in [0.1, 0.15) is 0 Å². The van der Waals surface area contributed by atoms with Crippen molar-refractivity contribution in [2.75, 3.05) is 6.79 Å². The largest absolute Gasteiger partial charge is 0.454 e. The Kier molecular flexibility index (Phi) is 2.66. The molecule has 0 aromatic heterocycles. The van der Waals surface area contributed by atoms with Crippen LogP contribution in [-0.2, 0) is 6.42 Å². The van der Waals surface area contributed by atoms with Crippen molar-refractivity contribution in [2.24, 2.45) is 0 Å². The molecule has 0 bridgehead atoms. The molecule has 1 aliphatic rings. The summed E-state index contributed by atoms with van der Waals surface area (Å²) in [4.78, 5) is 0. The summed E-state index contributed by atoms with van der Waals surface area (Å²) in [6.45, 7) is 0.272. The van der Waals surface area contributed by atoms with E-state index in [2.05, 4.69) is 18.1 Å². The lowest BCUT2D eigenvalue weighted by atomic mass is 9.99. The first-order valence-corrected chi connectivity index (χ1v) is 5.80. The van der Waals surface area contributed by atoms with Crippen LogP contribution in [0.25, 0.3) is 0 Å². The number of hydrogen-bond acceptors (Lipinski definition) is 2. The van der Waals surface area contributed by atoms with Gasteiger partial charge in [-0.15, -0.1) is 6.42 Å². The van der Waals surface area contributed by atoms with E-state index in [-0.39, 0.29) is 6.79 Å². The van der Waals surface area contributed by atoms with Gasteiger partial charge in [-0.1, -0.05) is 36.3 Å². The highest BCUT2D eigenvalue weighted by Crippen LogP contribution is 2.35. The molecule has 0 saturated heterocycles. The number of benzene rings is 2. The molecular weight excluding hydrogens is 224 g/mol. The Labute approximate surface area is 106 Å². The van der Waals surface area contributed by atoms with E-state index < -0.39 is 0 Å². The minimum atomic E-state index is 0.272. The second-order valence-corrected chi connectivity index (χ2v) is 4.17. The first kappa shape index (κ1) is 10.7. The lowest BCUT2D eigenvalue weighted by molar-refractivity contribution is 0.174. The zero-order valence-electron chi connectivity index (χ0n) is 9.85. The first-order valence-electron chi connectivity index (χ1n) is 5.80. The Morgan fingerprint density at radius 3 is 2.50 bits per heavy atom. The fourth-order valence-electron chi connectivity index (χ4n) is 2.08. The molecule has 0 radical (unpaired) electrons. The maximum atomic E-state index is 5.55. The monoisotopic (exact) mass is 236 g/mol. The summed E-state index contributed by atoms with van der Waals surface area (Å²) in [6.07, 6.45) is 6.35. The number of hydrogen-bond donors (Lipinski definition) is 0. The van der Waals surface area contributed by atoms with Gasteiger partial charge in [0.05, 0.1) is 0 Å². The van der Waals surface area contributed by atoms with Gasteiger partial charge in [0.15, 0.2) is 11.5 Å². The highest BCUT2D eigenvalue weighted by Gasteiger charge is 2.16. The Morgan fingerprint density at radius 2 is 1.78 bits per heavy atom. The molecule has 0 fully saturated rings. The topological polar surface area (TPSA) is 18.5 Å². The van der Waals surface area contributed by atoms with E-state index in [1.807, 2.05) is 30.3 Å². The van der Waals surface area contributed by atoms with Crippen molar-refractivity contribution in [1.29, 1.82) is 0 Å². The first-order chi connectivity index (χ1) is 8.86. The van der Waals surface area contributed by atoms with Crippen LogP contribution in [0, 0.1) is 12.3 Å². The zero-order valence-corrected chi connectivity index (χ0v) is 9.85. The van der Waals surface area contributed by atoms with Gasteiger partial charge in [0, 0.05) is 11.6 Å². The van der Waals surface area contributed by atoms with Crippen molar-refractivity contribution in [1.82, 2.24) is 0 Å². The third-order valence-electron chi connectivity index (χ3n) is 2.99. The van der Waals surface area contributed by atoms with E-state index in [1.54, 1.807) is 0 Å². The predicted molar refractivity (Wildman–Crippen MR) is 69.7 cm³/mol. The molecule has 0 N–H and O–H groups in total. The van der Waals surface area contributed by atoms with Gasteiger partial charge in [-0.25, -0.2) is 0 Å². The van der Waals surface area contributed by atoms with E-state index in [4.69, 9.17) is 15.9 Å². The molecule has 18 heavy (non-hydrogen) atoms. The van der Waals surface area contributed by atoms with E-state index in [0.717, 1.165) is 29.0 Å². The van der Waals surface area contributed by atoms with Crippen molar-refractivity contribution < 1.29 is 9.47 Å². The van der Waals surface area contributed by atoms with Gasteiger partial charge in [-0.05, 0) is 23.6 Å². The molecule has 2 nitrogen and oxygen atoms in total. The quantitative estimate of drug-likeness (QED) is 0.746. The highest BCUT2D eigenvalue weighted by molar-refractivity contribution is 5.54. The molecule has 0 atom stereocenters. The van der Waals surface area contributed by atoms with E-state index in [1.165, 1.54) is 5.56 Å². The third-order valence-corrected chi connectivity index (χ3v) is 2.99. The molecule has 0 saturated carbocycles. The maximum Gasteiger partial charge on any atom is 0.231 e. The van der Waals surface area contributed by atoms with Crippen LogP contribution in [0.1, 0.15) is 16.7 Å². The zero-order chi connectivity index (χ0) is 12.4. The van der Waals surface area contributed by atoms with Gasteiger partial charge in [0.2, 0.25) is 6.79 Å². The molecule has 3 rings (SSSR count). The Bertz CT molecular complexity index is 609. The summed E-state index contributed by atoms with van der Waals surface area (Å²) in [5.41, 5.74) is 3.18. The standard InChI is InChI=1S/C16H12O2/c1-2-13-9-15-16(18-11-17-15)10-14(13)8-12-6-4-3-5-7-12/h1,3-7,9-10H,8,11H2. The van der Waals surface area contributed by atoms with Gasteiger partial charge < -0.3 is 9.47 Å². The molecule has 1 heterocycles. The average molecular weight is 236 g/mol. The molecular formula is C16H12O2. The fourth-order valence-corrected chi connectivity index (χ4v) is 2.08. The Morgan fingerprint density at radius 1 is 1.06 bits per heavy atom. The molecule has 0 spiro atoms. The molecule has 0 unspecified atom stereocenters. The molecule has 1 aliphatic heterocycles. The number of rotatable bonds is 2. The van der Waals surface area contributed by atoms with E-state index in [0.29, 0.717) is 0 Å². The van der Waals surface area contributed by atoms with Crippen LogP contribution in [0.2, 0.25) is 0 Å². The molecule has 0 aliphatic carbocycles. The van der Waals surface area contributed by atoms with Gasteiger partial charge in [-0.2, -0.15) is 0 Å². The summed E-state index contributed by atoms with van der Waals surface area (Å²) in [5, 5.41) is 0. The Hall–Kier alpha value is -2.40. The molecule has 2 aromatic carbocycles. The van der Waals surface area contributed by atoms with Gasteiger partial charge >= 0.3 is 0 Å². The second kappa shape index (κ2) is 4.46. The average Bonchev–Trinajstić information content (AvgIpc) is 2.86. The van der Waals surface area contributed by atoms with Crippen molar-refractivity contribution >= 4 is 0 Å². The lowest BCUT2D eigenvalue weighted by Crippen LogP contribution is -1.93. The SMILES string of the molecule is C#Cc1cc2c(cc1Cc1ccccc1)OCO2. The molecule has 2 aromatic rings. The van der Waals surface area contributed by atoms with Crippen molar-refractivity contribution in [2.45, 2.75) is 6.42 Å². The normalized spacial score (nSPS) is 12.2. The van der Waals surface area contributed by atoms with E-state index in [9.17, 15) is 0 Å².